The Morgan fingerprint density at radius 3 is 2.35 bits per heavy atom. The van der Waals surface area contributed by atoms with Gasteiger partial charge in [-0.25, -0.2) is 4.79 Å². The minimum atomic E-state index is -0.750. The number of hydrogen-bond donors (Lipinski definition) is 1. The first kappa shape index (κ1) is 14.3. The highest BCUT2D eigenvalue weighted by Gasteiger charge is 2.23. The fourth-order valence-corrected chi connectivity index (χ4v) is 2.23. The van der Waals surface area contributed by atoms with Gasteiger partial charge in [-0.05, 0) is 59.7 Å². The summed E-state index contributed by atoms with van der Waals surface area (Å²) >= 11 is 2.25. The Labute approximate surface area is 116 Å². The molecule has 0 radical (unpaired) electrons. The molecule has 1 atom stereocenters. The predicted octanol–water partition coefficient (Wildman–Crippen LogP) is 3.37. The Bertz CT molecular complexity index is 364. The van der Waals surface area contributed by atoms with Crippen molar-refractivity contribution in [2.24, 2.45) is 0 Å². The summed E-state index contributed by atoms with van der Waals surface area (Å²) in [6, 6.07) is 7.56. The number of carbonyl (C=O) groups is 1. The van der Waals surface area contributed by atoms with Crippen molar-refractivity contribution in [2.75, 3.05) is 11.4 Å². The molecule has 94 valence electrons. The second-order valence-electron chi connectivity index (χ2n) is 3.93. The molecule has 0 aliphatic heterocycles. The lowest BCUT2D eigenvalue weighted by molar-refractivity contribution is -0.138. The zero-order valence-corrected chi connectivity index (χ0v) is 12.3. The number of nitrogens with zero attached hydrogens (tertiary/aromatic N) is 1. The summed E-state index contributed by atoms with van der Waals surface area (Å²) in [4.78, 5) is 13.2. The molecule has 0 bridgehead atoms. The highest BCUT2D eigenvalue weighted by Crippen LogP contribution is 2.20. The molecular formula is C13H18INO2. The van der Waals surface area contributed by atoms with E-state index >= 15 is 0 Å². The summed E-state index contributed by atoms with van der Waals surface area (Å²) in [5.41, 5.74) is 0.988. The van der Waals surface area contributed by atoms with E-state index in [-0.39, 0.29) is 0 Å². The van der Waals surface area contributed by atoms with Crippen molar-refractivity contribution in [1.82, 2.24) is 0 Å². The molecule has 0 unspecified atom stereocenters. The zero-order chi connectivity index (χ0) is 12.8. The van der Waals surface area contributed by atoms with Crippen molar-refractivity contribution >= 4 is 34.2 Å². The van der Waals surface area contributed by atoms with Crippen molar-refractivity contribution in [3.63, 3.8) is 0 Å². The first-order chi connectivity index (χ1) is 8.10. The smallest absolute Gasteiger partial charge is 0.326 e. The van der Waals surface area contributed by atoms with E-state index in [0.29, 0.717) is 6.42 Å². The molecule has 0 heterocycles. The van der Waals surface area contributed by atoms with Crippen molar-refractivity contribution in [3.05, 3.63) is 27.8 Å². The van der Waals surface area contributed by atoms with E-state index < -0.39 is 12.0 Å². The minimum absolute atomic E-state index is 0.435. The molecule has 17 heavy (non-hydrogen) atoms. The summed E-state index contributed by atoms with van der Waals surface area (Å²) in [5, 5.41) is 9.24. The zero-order valence-electron chi connectivity index (χ0n) is 10.2. The first-order valence-electron chi connectivity index (χ1n) is 5.85. The second-order valence-corrected chi connectivity index (χ2v) is 5.18. The molecular weight excluding hydrogens is 329 g/mol. The third kappa shape index (κ3) is 3.87. The van der Waals surface area contributed by atoms with Gasteiger partial charge in [0.15, 0.2) is 0 Å². The fourth-order valence-electron chi connectivity index (χ4n) is 1.87. The van der Waals surface area contributed by atoms with Crippen molar-refractivity contribution in [3.8, 4) is 0 Å². The average molecular weight is 347 g/mol. The molecule has 0 aromatic heterocycles. The third-order valence-corrected chi connectivity index (χ3v) is 3.39. The fraction of sp³-hybridized carbons (Fsp3) is 0.462. The van der Waals surface area contributed by atoms with Crippen LogP contribution in [-0.4, -0.2) is 23.7 Å². The molecule has 0 aliphatic rings. The highest BCUT2D eigenvalue weighted by molar-refractivity contribution is 14.1. The van der Waals surface area contributed by atoms with Crippen LogP contribution in [0.3, 0.4) is 0 Å². The van der Waals surface area contributed by atoms with Gasteiger partial charge in [-0.3, -0.25) is 0 Å². The maximum absolute atomic E-state index is 11.2. The largest absolute Gasteiger partial charge is 0.480 e. The van der Waals surface area contributed by atoms with Crippen LogP contribution in [0, 0.1) is 3.57 Å². The Morgan fingerprint density at radius 2 is 1.94 bits per heavy atom. The number of hydrogen-bond acceptors (Lipinski definition) is 2. The molecule has 0 amide bonds. The normalized spacial score (nSPS) is 12.2. The van der Waals surface area contributed by atoms with Crippen LogP contribution >= 0.6 is 22.6 Å². The van der Waals surface area contributed by atoms with Crippen LogP contribution in [-0.2, 0) is 4.79 Å². The van der Waals surface area contributed by atoms with Gasteiger partial charge in [0.25, 0.3) is 0 Å². The summed E-state index contributed by atoms with van der Waals surface area (Å²) in [7, 11) is 0. The molecule has 1 aromatic rings. The number of carboxylic acids is 1. The van der Waals surface area contributed by atoms with Crippen LogP contribution in [0.4, 0.5) is 5.69 Å². The molecule has 1 N–H and O–H groups in total. The van der Waals surface area contributed by atoms with E-state index in [1.807, 2.05) is 36.1 Å². The standard InChI is InChI=1S/C13H18INO2/c1-3-9-15(12(4-2)13(16)17)11-7-5-10(14)6-8-11/h5-8,12H,3-4,9H2,1-2H3,(H,16,17)/t12-/m1/s1. The molecule has 1 aromatic carbocycles. The second kappa shape index (κ2) is 6.83. The van der Waals surface area contributed by atoms with Gasteiger partial charge in [0.05, 0.1) is 0 Å². The summed E-state index contributed by atoms with van der Waals surface area (Å²) in [5.74, 6) is -0.750. The monoisotopic (exact) mass is 347 g/mol. The Hall–Kier alpha value is -0.780. The Morgan fingerprint density at radius 1 is 1.35 bits per heavy atom. The lowest BCUT2D eigenvalue weighted by Gasteiger charge is -2.30. The maximum Gasteiger partial charge on any atom is 0.326 e. The number of halogens is 1. The number of rotatable bonds is 6. The Kier molecular flexibility index (Phi) is 5.74. The van der Waals surface area contributed by atoms with Gasteiger partial charge in [-0.15, -0.1) is 0 Å². The molecule has 0 fully saturated rings. The average Bonchev–Trinajstić information content (AvgIpc) is 2.29. The molecule has 0 spiro atoms. The lowest BCUT2D eigenvalue weighted by Crippen LogP contribution is -2.41. The van der Waals surface area contributed by atoms with E-state index in [2.05, 4.69) is 29.5 Å². The Balaban J connectivity index is 2.98. The third-order valence-electron chi connectivity index (χ3n) is 2.67. The van der Waals surface area contributed by atoms with Crippen LogP contribution in [0.2, 0.25) is 0 Å². The molecule has 0 saturated carbocycles. The summed E-state index contributed by atoms with van der Waals surface area (Å²) in [6.07, 6.45) is 1.55. The molecule has 3 nitrogen and oxygen atoms in total. The van der Waals surface area contributed by atoms with Crippen molar-refractivity contribution < 1.29 is 9.90 Å². The number of carboxylic acid groups (broad SMARTS) is 1. The molecule has 0 aliphatic carbocycles. The van der Waals surface area contributed by atoms with E-state index in [0.717, 1.165) is 22.2 Å². The SMILES string of the molecule is CCCN(c1ccc(I)cc1)[C@H](CC)C(=O)O. The van der Waals surface area contributed by atoms with Crippen LogP contribution in [0.15, 0.2) is 24.3 Å². The predicted molar refractivity (Wildman–Crippen MR) is 78.5 cm³/mol. The van der Waals surface area contributed by atoms with Gasteiger partial charge in [-0.2, -0.15) is 0 Å². The van der Waals surface area contributed by atoms with Crippen molar-refractivity contribution in [1.29, 1.82) is 0 Å². The minimum Gasteiger partial charge on any atom is -0.480 e. The van der Waals surface area contributed by atoms with E-state index in [4.69, 9.17) is 0 Å². The van der Waals surface area contributed by atoms with Crippen LogP contribution < -0.4 is 4.90 Å². The first-order valence-corrected chi connectivity index (χ1v) is 6.93. The van der Waals surface area contributed by atoms with Gasteiger partial charge >= 0.3 is 5.97 Å². The quantitative estimate of drug-likeness (QED) is 0.803. The van der Waals surface area contributed by atoms with E-state index in [1.54, 1.807) is 0 Å². The summed E-state index contributed by atoms with van der Waals surface area (Å²) < 4.78 is 1.16. The number of benzene rings is 1. The van der Waals surface area contributed by atoms with Gasteiger partial charge < -0.3 is 10.0 Å². The molecule has 0 saturated heterocycles. The molecule has 4 heteroatoms. The number of anilines is 1. The topological polar surface area (TPSA) is 40.5 Å². The van der Waals surface area contributed by atoms with Gasteiger partial charge in [-0.1, -0.05) is 13.8 Å². The van der Waals surface area contributed by atoms with E-state index in [9.17, 15) is 9.90 Å². The van der Waals surface area contributed by atoms with Crippen LogP contribution in [0.5, 0.6) is 0 Å². The van der Waals surface area contributed by atoms with Crippen molar-refractivity contribution in [2.45, 2.75) is 32.7 Å². The van der Waals surface area contributed by atoms with Crippen LogP contribution in [0.25, 0.3) is 0 Å². The van der Waals surface area contributed by atoms with E-state index in [1.165, 1.54) is 0 Å². The molecule has 1 rings (SSSR count). The summed E-state index contributed by atoms with van der Waals surface area (Å²) in [6.45, 7) is 4.74. The lowest BCUT2D eigenvalue weighted by atomic mass is 10.1. The maximum atomic E-state index is 11.2. The van der Waals surface area contributed by atoms with Gasteiger partial charge in [0.2, 0.25) is 0 Å². The highest BCUT2D eigenvalue weighted by atomic mass is 127. The number of aliphatic carboxylic acids is 1. The van der Waals surface area contributed by atoms with Crippen LogP contribution in [0.1, 0.15) is 26.7 Å². The van der Waals surface area contributed by atoms with Gasteiger partial charge in [0.1, 0.15) is 6.04 Å². The van der Waals surface area contributed by atoms with Gasteiger partial charge in [0, 0.05) is 15.8 Å².